The summed E-state index contributed by atoms with van der Waals surface area (Å²) in [4.78, 5) is 25.3. The zero-order valence-electron chi connectivity index (χ0n) is 12.9. The molecular formula is C20H11ClO3S. The number of ether oxygens (including phenoxy) is 1. The topological polar surface area (TPSA) is 43.4 Å². The van der Waals surface area contributed by atoms with Crippen LogP contribution in [0, 0.1) is 0 Å². The zero-order chi connectivity index (χ0) is 17.4. The van der Waals surface area contributed by atoms with Crippen LogP contribution in [0.3, 0.4) is 0 Å². The summed E-state index contributed by atoms with van der Waals surface area (Å²) in [5.41, 5.74) is 0.227. The van der Waals surface area contributed by atoms with Gasteiger partial charge in [0.05, 0.1) is 20.7 Å². The van der Waals surface area contributed by atoms with Crippen molar-refractivity contribution >= 4 is 49.1 Å². The Balaban J connectivity index is 1.93. The van der Waals surface area contributed by atoms with Gasteiger partial charge in [0.2, 0.25) is 0 Å². The SMILES string of the molecule is O=C(Oc1ccc(Cl)c2sc3ccccc3c(=O)c12)c1ccccc1. The first-order chi connectivity index (χ1) is 12.1. The number of fused-ring (bicyclic) bond motifs is 2. The summed E-state index contributed by atoms with van der Waals surface area (Å²) < 4.78 is 6.96. The van der Waals surface area contributed by atoms with Crippen molar-refractivity contribution in [3.8, 4) is 5.75 Å². The maximum Gasteiger partial charge on any atom is 0.343 e. The van der Waals surface area contributed by atoms with Crippen LogP contribution in [0.2, 0.25) is 5.02 Å². The van der Waals surface area contributed by atoms with Crippen molar-refractivity contribution in [2.75, 3.05) is 0 Å². The van der Waals surface area contributed by atoms with Crippen molar-refractivity contribution in [2.24, 2.45) is 0 Å². The number of carbonyl (C=O) groups excluding carboxylic acids is 1. The maximum absolute atomic E-state index is 12.9. The third kappa shape index (κ3) is 2.80. The van der Waals surface area contributed by atoms with E-state index in [1.54, 1.807) is 42.5 Å². The van der Waals surface area contributed by atoms with E-state index in [1.807, 2.05) is 24.3 Å². The number of carbonyl (C=O) groups is 1. The van der Waals surface area contributed by atoms with Gasteiger partial charge >= 0.3 is 5.97 Å². The molecule has 3 nitrogen and oxygen atoms in total. The summed E-state index contributed by atoms with van der Waals surface area (Å²) in [7, 11) is 0. The van der Waals surface area contributed by atoms with Crippen molar-refractivity contribution in [3.05, 3.63) is 87.5 Å². The molecule has 25 heavy (non-hydrogen) atoms. The molecule has 0 bridgehead atoms. The van der Waals surface area contributed by atoms with Gasteiger partial charge in [-0.3, -0.25) is 4.79 Å². The monoisotopic (exact) mass is 366 g/mol. The van der Waals surface area contributed by atoms with Crippen LogP contribution >= 0.6 is 22.9 Å². The molecule has 0 N–H and O–H groups in total. The number of hydrogen-bond donors (Lipinski definition) is 0. The molecule has 4 rings (SSSR count). The average Bonchev–Trinajstić information content (AvgIpc) is 2.65. The lowest BCUT2D eigenvalue weighted by Crippen LogP contribution is -2.11. The number of hydrogen-bond acceptors (Lipinski definition) is 4. The van der Waals surface area contributed by atoms with Gasteiger partial charge in [-0.05, 0) is 36.4 Å². The summed E-state index contributed by atoms with van der Waals surface area (Å²) in [6, 6.07) is 19.2. The Labute approximate surface area is 152 Å². The van der Waals surface area contributed by atoms with E-state index in [0.717, 1.165) is 4.70 Å². The molecule has 0 atom stereocenters. The van der Waals surface area contributed by atoms with Gasteiger partial charge in [0, 0.05) is 10.1 Å². The Kier molecular flexibility index (Phi) is 3.99. The highest BCUT2D eigenvalue weighted by Crippen LogP contribution is 2.35. The fraction of sp³-hybridized carbons (Fsp3) is 0. The molecule has 0 aliphatic heterocycles. The minimum atomic E-state index is -0.512. The van der Waals surface area contributed by atoms with Crippen LogP contribution in [0.4, 0.5) is 0 Å². The molecule has 0 saturated carbocycles. The van der Waals surface area contributed by atoms with E-state index in [9.17, 15) is 9.59 Å². The smallest absolute Gasteiger partial charge is 0.343 e. The van der Waals surface area contributed by atoms with Crippen molar-refractivity contribution in [2.45, 2.75) is 0 Å². The van der Waals surface area contributed by atoms with Gasteiger partial charge in [-0.1, -0.05) is 41.9 Å². The molecule has 1 aromatic heterocycles. The third-order valence-corrected chi connectivity index (χ3v) is 5.49. The van der Waals surface area contributed by atoms with Crippen molar-refractivity contribution in [3.63, 3.8) is 0 Å². The normalized spacial score (nSPS) is 10.9. The molecule has 3 aromatic carbocycles. The number of esters is 1. The highest BCUT2D eigenvalue weighted by atomic mass is 35.5. The lowest BCUT2D eigenvalue weighted by molar-refractivity contribution is 0.0737. The van der Waals surface area contributed by atoms with Crippen LogP contribution in [0.15, 0.2) is 71.5 Å². The number of benzene rings is 3. The third-order valence-electron chi connectivity index (χ3n) is 3.85. The van der Waals surface area contributed by atoms with Gasteiger partial charge in [-0.15, -0.1) is 11.3 Å². The highest BCUT2D eigenvalue weighted by Gasteiger charge is 2.16. The van der Waals surface area contributed by atoms with E-state index in [-0.39, 0.29) is 11.2 Å². The van der Waals surface area contributed by atoms with Crippen LogP contribution in [0.1, 0.15) is 10.4 Å². The molecule has 0 fully saturated rings. The van der Waals surface area contributed by atoms with E-state index in [1.165, 1.54) is 11.3 Å². The second-order valence-corrected chi connectivity index (χ2v) is 6.89. The fourth-order valence-corrected chi connectivity index (χ4v) is 4.03. The standard InChI is InChI=1S/C20H11ClO3S/c21-14-10-11-15(24-20(23)12-6-2-1-3-7-12)17-18(22)13-8-4-5-9-16(13)25-19(14)17/h1-11H. The Bertz CT molecular complexity index is 1170. The Morgan fingerprint density at radius 1 is 0.920 bits per heavy atom. The van der Waals surface area contributed by atoms with Crippen molar-refractivity contribution in [1.82, 2.24) is 0 Å². The van der Waals surface area contributed by atoms with Crippen LogP contribution in [-0.4, -0.2) is 5.97 Å². The summed E-state index contributed by atoms with van der Waals surface area (Å²) in [6.07, 6.45) is 0. The molecule has 1 heterocycles. The number of halogens is 1. The van der Waals surface area contributed by atoms with E-state index in [0.29, 0.717) is 26.1 Å². The predicted octanol–water partition coefficient (Wildman–Crippen LogP) is 5.29. The molecule has 0 amide bonds. The van der Waals surface area contributed by atoms with Crippen molar-refractivity contribution < 1.29 is 9.53 Å². The van der Waals surface area contributed by atoms with E-state index < -0.39 is 5.97 Å². The second-order valence-electron chi connectivity index (χ2n) is 5.43. The highest BCUT2D eigenvalue weighted by molar-refractivity contribution is 7.25. The quantitative estimate of drug-likeness (QED) is 0.275. The molecule has 0 saturated heterocycles. The maximum atomic E-state index is 12.9. The van der Waals surface area contributed by atoms with Gasteiger partial charge < -0.3 is 4.74 Å². The minimum absolute atomic E-state index is 0.192. The number of rotatable bonds is 2. The van der Waals surface area contributed by atoms with Crippen LogP contribution < -0.4 is 10.2 Å². The first-order valence-corrected chi connectivity index (χ1v) is 8.76. The van der Waals surface area contributed by atoms with Crippen molar-refractivity contribution in [1.29, 1.82) is 0 Å². The molecule has 122 valence electrons. The lowest BCUT2D eigenvalue weighted by atomic mass is 10.1. The van der Waals surface area contributed by atoms with E-state index in [4.69, 9.17) is 16.3 Å². The van der Waals surface area contributed by atoms with Gasteiger partial charge in [-0.2, -0.15) is 0 Å². The largest absolute Gasteiger partial charge is 0.422 e. The summed E-state index contributed by atoms with van der Waals surface area (Å²) in [6.45, 7) is 0. The molecule has 0 aliphatic carbocycles. The molecule has 0 spiro atoms. The summed E-state index contributed by atoms with van der Waals surface area (Å²) in [5.74, 6) is -0.290. The van der Waals surface area contributed by atoms with Crippen LogP contribution in [0.5, 0.6) is 5.75 Å². The van der Waals surface area contributed by atoms with E-state index in [2.05, 4.69) is 0 Å². The van der Waals surface area contributed by atoms with Crippen LogP contribution in [0.25, 0.3) is 20.2 Å². The zero-order valence-corrected chi connectivity index (χ0v) is 14.4. The van der Waals surface area contributed by atoms with Gasteiger partial charge in [0.15, 0.2) is 5.43 Å². The van der Waals surface area contributed by atoms with E-state index >= 15 is 0 Å². The Hall–Kier alpha value is -2.69. The first kappa shape index (κ1) is 15.8. The van der Waals surface area contributed by atoms with Gasteiger partial charge in [0.25, 0.3) is 0 Å². The van der Waals surface area contributed by atoms with Crippen LogP contribution in [-0.2, 0) is 0 Å². The Morgan fingerprint density at radius 2 is 1.64 bits per heavy atom. The first-order valence-electron chi connectivity index (χ1n) is 7.56. The summed E-state index contributed by atoms with van der Waals surface area (Å²) in [5, 5.41) is 1.38. The van der Waals surface area contributed by atoms with Gasteiger partial charge in [0.1, 0.15) is 5.75 Å². The van der Waals surface area contributed by atoms with Gasteiger partial charge in [-0.25, -0.2) is 4.79 Å². The lowest BCUT2D eigenvalue weighted by Gasteiger charge is -2.09. The molecule has 4 aromatic rings. The molecule has 5 heteroatoms. The minimum Gasteiger partial charge on any atom is -0.422 e. The molecule has 0 aliphatic rings. The Morgan fingerprint density at radius 3 is 2.44 bits per heavy atom. The fourth-order valence-electron chi connectivity index (χ4n) is 2.66. The molecular weight excluding hydrogens is 356 g/mol. The predicted molar refractivity (Wildman–Crippen MR) is 102 cm³/mol. The second kappa shape index (κ2) is 6.31. The average molecular weight is 367 g/mol. The molecule has 0 unspecified atom stereocenters. The summed E-state index contributed by atoms with van der Waals surface area (Å²) >= 11 is 7.69. The molecule has 0 radical (unpaired) electrons.